The van der Waals surface area contributed by atoms with Crippen LogP contribution in [0.5, 0.6) is 0 Å². The van der Waals surface area contributed by atoms with Crippen molar-refractivity contribution >= 4 is 0 Å². The van der Waals surface area contributed by atoms with E-state index in [0.29, 0.717) is 0 Å². The summed E-state index contributed by atoms with van der Waals surface area (Å²) in [6, 6.07) is 0.724. The van der Waals surface area contributed by atoms with Gasteiger partial charge in [-0.25, -0.2) is 0 Å². The van der Waals surface area contributed by atoms with Crippen LogP contribution < -0.4 is 0 Å². The maximum Gasteiger partial charge on any atom is 0.0612 e. The van der Waals surface area contributed by atoms with Crippen molar-refractivity contribution < 1.29 is 5.11 Å². The summed E-state index contributed by atoms with van der Waals surface area (Å²) >= 11 is 0. The summed E-state index contributed by atoms with van der Waals surface area (Å²) in [5.41, 5.74) is 0. The second-order valence-corrected chi connectivity index (χ2v) is 3.67. The van der Waals surface area contributed by atoms with Gasteiger partial charge in [0.25, 0.3) is 0 Å². The number of likely N-dealkylation sites (tertiary alicyclic amines) is 1. The van der Waals surface area contributed by atoms with Crippen LogP contribution >= 0.6 is 0 Å². The van der Waals surface area contributed by atoms with Gasteiger partial charge >= 0.3 is 0 Å². The standard InChI is InChI=1S/C11H21NO/c1-2-12-9-5-3-7-11(12)8-4-6-10-13/h4,6,11,13H,2-3,5,7-10H2,1H3/b6-4-. The molecule has 1 rings (SSSR count). The highest BCUT2D eigenvalue weighted by Gasteiger charge is 2.18. The zero-order valence-corrected chi connectivity index (χ0v) is 8.58. The summed E-state index contributed by atoms with van der Waals surface area (Å²) in [4.78, 5) is 2.55. The molecular weight excluding hydrogens is 162 g/mol. The van der Waals surface area contributed by atoms with Crippen LogP contribution in [0.25, 0.3) is 0 Å². The summed E-state index contributed by atoms with van der Waals surface area (Å²) in [5, 5.41) is 8.62. The molecule has 0 amide bonds. The van der Waals surface area contributed by atoms with E-state index in [1.165, 1.54) is 25.8 Å². The van der Waals surface area contributed by atoms with E-state index in [1.807, 2.05) is 6.08 Å². The molecule has 0 saturated carbocycles. The molecule has 1 saturated heterocycles. The van der Waals surface area contributed by atoms with E-state index in [9.17, 15) is 0 Å². The van der Waals surface area contributed by atoms with Gasteiger partial charge in [-0.05, 0) is 32.4 Å². The van der Waals surface area contributed by atoms with Gasteiger partial charge < -0.3 is 10.0 Å². The Bertz CT molecular complexity index is 156. The maximum atomic E-state index is 8.62. The predicted octanol–water partition coefficient (Wildman–Crippen LogP) is 1.80. The van der Waals surface area contributed by atoms with Crippen LogP contribution in [0.2, 0.25) is 0 Å². The van der Waals surface area contributed by atoms with Crippen molar-refractivity contribution in [3.8, 4) is 0 Å². The molecule has 13 heavy (non-hydrogen) atoms. The van der Waals surface area contributed by atoms with Gasteiger partial charge in [0.15, 0.2) is 0 Å². The Labute approximate surface area is 81.2 Å². The molecule has 0 aliphatic carbocycles. The van der Waals surface area contributed by atoms with Gasteiger partial charge in [-0.15, -0.1) is 0 Å². The first-order valence-electron chi connectivity index (χ1n) is 5.38. The number of hydrogen-bond donors (Lipinski definition) is 1. The molecule has 1 aliphatic rings. The minimum absolute atomic E-state index is 0.179. The molecule has 0 spiro atoms. The van der Waals surface area contributed by atoms with Crippen LogP contribution in [-0.4, -0.2) is 35.7 Å². The van der Waals surface area contributed by atoms with Crippen molar-refractivity contribution in [1.29, 1.82) is 0 Å². The molecule has 1 fully saturated rings. The number of aliphatic hydroxyl groups excluding tert-OH is 1. The lowest BCUT2D eigenvalue weighted by molar-refractivity contribution is 0.157. The third-order valence-corrected chi connectivity index (χ3v) is 2.84. The largest absolute Gasteiger partial charge is 0.392 e. The van der Waals surface area contributed by atoms with E-state index >= 15 is 0 Å². The fourth-order valence-electron chi connectivity index (χ4n) is 2.07. The van der Waals surface area contributed by atoms with E-state index in [0.717, 1.165) is 19.0 Å². The lowest BCUT2D eigenvalue weighted by Crippen LogP contribution is -2.38. The number of nitrogens with zero attached hydrogens (tertiary/aromatic N) is 1. The minimum Gasteiger partial charge on any atom is -0.392 e. The van der Waals surface area contributed by atoms with Crippen molar-refractivity contribution in [3.05, 3.63) is 12.2 Å². The quantitative estimate of drug-likeness (QED) is 0.672. The van der Waals surface area contributed by atoms with Crippen molar-refractivity contribution in [2.24, 2.45) is 0 Å². The maximum absolute atomic E-state index is 8.62. The van der Waals surface area contributed by atoms with Gasteiger partial charge in [0.1, 0.15) is 0 Å². The first-order chi connectivity index (χ1) is 6.38. The monoisotopic (exact) mass is 183 g/mol. The normalized spacial score (nSPS) is 25.5. The van der Waals surface area contributed by atoms with Gasteiger partial charge in [0.2, 0.25) is 0 Å². The Kier molecular flexibility index (Phi) is 5.09. The molecule has 0 bridgehead atoms. The van der Waals surface area contributed by atoms with Crippen LogP contribution in [0.1, 0.15) is 32.6 Å². The molecule has 1 aliphatic heterocycles. The second kappa shape index (κ2) is 6.17. The zero-order chi connectivity index (χ0) is 9.52. The van der Waals surface area contributed by atoms with Crippen molar-refractivity contribution in [1.82, 2.24) is 4.90 Å². The van der Waals surface area contributed by atoms with Crippen LogP contribution in [0.4, 0.5) is 0 Å². The first-order valence-corrected chi connectivity index (χ1v) is 5.38. The minimum atomic E-state index is 0.179. The molecular formula is C11H21NO. The molecule has 0 radical (unpaired) electrons. The molecule has 0 aromatic carbocycles. The smallest absolute Gasteiger partial charge is 0.0612 e. The summed E-state index contributed by atoms with van der Waals surface area (Å²) < 4.78 is 0. The Morgan fingerprint density at radius 3 is 2.92 bits per heavy atom. The summed E-state index contributed by atoms with van der Waals surface area (Å²) in [6.45, 7) is 4.83. The van der Waals surface area contributed by atoms with Crippen LogP contribution in [0.3, 0.4) is 0 Å². The number of hydrogen-bond acceptors (Lipinski definition) is 2. The van der Waals surface area contributed by atoms with Gasteiger partial charge in [-0.3, -0.25) is 0 Å². The molecule has 0 aromatic heterocycles. The first kappa shape index (κ1) is 10.7. The van der Waals surface area contributed by atoms with Gasteiger partial charge in [-0.2, -0.15) is 0 Å². The van der Waals surface area contributed by atoms with Crippen LogP contribution in [-0.2, 0) is 0 Å². The van der Waals surface area contributed by atoms with Crippen LogP contribution in [0.15, 0.2) is 12.2 Å². The Morgan fingerprint density at radius 2 is 2.23 bits per heavy atom. The SMILES string of the molecule is CCN1CCCCC1C/C=C\CO. The average Bonchev–Trinajstić information content (AvgIpc) is 2.19. The summed E-state index contributed by atoms with van der Waals surface area (Å²) in [6.07, 6.45) is 9.11. The zero-order valence-electron chi connectivity index (χ0n) is 8.58. The predicted molar refractivity (Wildman–Crippen MR) is 55.7 cm³/mol. The van der Waals surface area contributed by atoms with E-state index < -0.39 is 0 Å². The topological polar surface area (TPSA) is 23.5 Å². The summed E-state index contributed by atoms with van der Waals surface area (Å²) in [5.74, 6) is 0. The molecule has 2 heteroatoms. The molecule has 2 nitrogen and oxygen atoms in total. The van der Waals surface area contributed by atoms with Crippen molar-refractivity contribution in [3.63, 3.8) is 0 Å². The second-order valence-electron chi connectivity index (χ2n) is 3.67. The molecule has 0 aromatic rings. The van der Waals surface area contributed by atoms with Crippen molar-refractivity contribution in [2.45, 2.75) is 38.6 Å². The third kappa shape index (κ3) is 3.49. The van der Waals surface area contributed by atoms with E-state index in [-0.39, 0.29) is 6.61 Å². The van der Waals surface area contributed by atoms with Crippen molar-refractivity contribution in [2.75, 3.05) is 19.7 Å². The Hall–Kier alpha value is -0.340. The molecule has 1 atom stereocenters. The van der Waals surface area contributed by atoms with Crippen LogP contribution in [0, 0.1) is 0 Å². The molecule has 76 valence electrons. The van der Waals surface area contributed by atoms with E-state index in [4.69, 9.17) is 5.11 Å². The lowest BCUT2D eigenvalue weighted by atomic mass is 9.99. The fraction of sp³-hybridized carbons (Fsp3) is 0.818. The lowest BCUT2D eigenvalue weighted by Gasteiger charge is -2.34. The van der Waals surface area contributed by atoms with Gasteiger partial charge in [0, 0.05) is 6.04 Å². The Balaban J connectivity index is 2.31. The van der Waals surface area contributed by atoms with Gasteiger partial charge in [-0.1, -0.05) is 25.5 Å². The molecule has 1 N–H and O–H groups in total. The number of rotatable bonds is 4. The molecule has 1 unspecified atom stereocenters. The van der Waals surface area contributed by atoms with Gasteiger partial charge in [0.05, 0.1) is 6.61 Å². The number of piperidine rings is 1. The fourth-order valence-corrected chi connectivity index (χ4v) is 2.07. The van der Waals surface area contributed by atoms with E-state index in [2.05, 4.69) is 17.9 Å². The number of aliphatic hydroxyl groups is 1. The highest BCUT2D eigenvalue weighted by atomic mass is 16.2. The third-order valence-electron chi connectivity index (χ3n) is 2.84. The molecule has 1 heterocycles. The Morgan fingerprint density at radius 1 is 1.38 bits per heavy atom. The van der Waals surface area contributed by atoms with E-state index in [1.54, 1.807) is 0 Å². The highest BCUT2D eigenvalue weighted by Crippen LogP contribution is 2.19. The average molecular weight is 183 g/mol. The summed E-state index contributed by atoms with van der Waals surface area (Å²) in [7, 11) is 0. The highest BCUT2D eigenvalue weighted by molar-refractivity contribution is 4.88.